The van der Waals surface area contributed by atoms with Gasteiger partial charge < -0.3 is 4.42 Å². The monoisotopic (exact) mass is 275 g/mol. The summed E-state index contributed by atoms with van der Waals surface area (Å²) in [6.07, 6.45) is 0. The highest BCUT2D eigenvalue weighted by Crippen LogP contribution is 2.15. The van der Waals surface area contributed by atoms with Gasteiger partial charge in [0.1, 0.15) is 4.92 Å². The number of Topliss-reactive ketones (excluding diaryl/α,β-unsaturated/α-hetero) is 1. The van der Waals surface area contributed by atoms with Gasteiger partial charge in [-0.1, -0.05) is 17.5 Å². The molecule has 0 aliphatic carbocycles. The molecule has 2 rings (SSSR count). The third-order valence-electron chi connectivity index (χ3n) is 2.16. The van der Waals surface area contributed by atoms with Crippen LogP contribution in [0.15, 0.2) is 40.8 Å². The van der Waals surface area contributed by atoms with E-state index < -0.39 is 16.6 Å². The van der Waals surface area contributed by atoms with Gasteiger partial charge in [0.05, 0.1) is 6.07 Å². The van der Waals surface area contributed by atoms with Gasteiger partial charge in [0.25, 0.3) is 5.78 Å². The molecule has 1 heterocycles. The summed E-state index contributed by atoms with van der Waals surface area (Å²) < 4.78 is 4.74. The molecule has 0 amide bonds. The third-order valence-corrected chi connectivity index (χ3v) is 2.41. The molecule has 94 valence electrons. The summed E-state index contributed by atoms with van der Waals surface area (Å²) in [6, 6.07) is 8.94. The van der Waals surface area contributed by atoms with Gasteiger partial charge in [0.15, 0.2) is 5.76 Å². The summed E-state index contributed by atoms with van der Waals surface area (Å²) in [6.45, 7) is 0. The molecule has 2 aromatic rings. The Morgan fingerprint density at radius 2 is 1.89 bits per heavy atom. The Balaban J connectivity index is 2.17. The van der Waals surface area contributed by atoms with Gasteiger partial charge in [0.2, 0.25) is 0 Å². The molecule has 0 bridgehead atoms. The van der Waals surface area contributed by atoms with Gasteiger partial charge >= 0.3 is 5.88 Å². The number of carbonyl (C=O) groups is 1. The Bertz CT molecular complexity index is 691. The molecule has 19 heavy (non-hydrogen) atoms. The van der Waals surface area contributed by atoms with E-state index >= 15 is 0 Å². The molecule has 0 radical (unpaired) electrons. The second-order valence-electron chi connectivity index (χ2n) is 3.48. The average Bonchev–Trinajstić information content (AvgIpc) is 2.87. The number of hydrogen-bond acceptors (Lipinski definition) is 4. The maximum atomic E-state index is 11.6. The minimum atomic E-state index is -0.719. The number of halogens is 1. The Hall–Kier alpha value is -2.58. The second kappa shape index (κ2) is 5.38. The molecule has 1 aromatic heterocycles. The Labute approximate surface area is 112 Å². The van der Waals surface area contributed by atoms with Crippen LogP contribution in [-0.4, -0.2) is 10.7 Å². The van der Waals surface area contributed by atoms with Crippen molar-refractivity contribution in [1.82, 2.24) is 0 Å². The van der Waals surface area contributed by atoms with E-state index in [1.165, 1.54) is 6.07 Å². The number of benzene rings is 1. The van der Waals surface area contributed by atoms with E-state index in [1.54, 1.807) is 24.3 Å². The molecule has 0 spiro atoms. The maximum Gasteiger partial charge on any atom is 0.433 e. The van der Waals surface area contributed by atoms with Crippen molar-refractivity contribution >= 4 is 23.3 Å². The number of furan rings is 1. The predicted molar refractivity (Wildman–Crippen MR) is 68.0 cm³/mol. The summed E-state index contributed by atoms with van der Waals surface area (Å²) in [5.74, 6) is 3.69. The number of rotatable bonds is 2. The largest absolute Gasteiger partial charge is 0.433 e. The standard InChI is InChI=1S/C13H6ClNO4/c14-10-4-1-9(2-5-10)3-6-11(16)12-7-8-13(19-12)15(17)18/h1-2,4-5,7-8H. The molecule has 0 saturated heterocycles. The second-order valence-corrected chi connectivity index (χ2v) is 3.92. The van der Waals surface area contributed by atoms with Crippen LogP contribution in [0.3, 0.4) is 0 Å². The molecule has 0 atom stereocenters. The normalized spacial score (nSPS) is 9.53. The zero-order valence-electron chi connectivity index (χ0n) is 9.42. The van der Waals surface area contributed by atoms with Crippen LogP contribution >= 0.6 is 11.6 Å². The van der Waals surface area contributed by atoms with Crippen LogP contribution in [0.2, 0.25) is 5.02 Å². The highest BCUT2D eigenvalue weighted by molar-refractivity contribution is 6.30. The lowest BCUT2D eigenvalue weighted by atomic mass is 10.2. The fraction of sp³-hybridized carbons (Fsp3) is 0. The molecule has 0 aliphatic rings. The fourth-order valence-corrected chi connectivity index (χ4v) is 1.40. The minimum absolute atomic E-state index is 0.159. The molecular weight excluding hydrogens is 270 g/mol. The summed E-state index contributed by atoms with van der Waals surface area (Å²) in [7, 11) is 0. The number of nitro groups is 1. The Kier molecular flexibility index (Phi) is 3.64. The first-order chi connectivity index (χ1) is 9.06. The highest BCUT2D eigenvalue weighted by Gasteiger charge is 2.15. The molecule has 6 heteroatoms. The molecule has 0 unspecified atom stereocenters. The minimum Gasteiger partial charge on any atom is -0.396 e. The quantitative estimate of drug-likeness (QED) is 0.365. The molecule has 0 saturated carbocycles. The fourth-order valence-electron chi connectivity index (χ4n) is 1.27. The smallest absolute Gasteiger partial charge is 0.396 e. The Morgan fingerprint density at radius 1 is 1.21 bits per heavy atom. The lowest BCUT2D eigenvalue weighted by Crippen LogP contribution is -1.92. The molecule has 0 N–H and O–H groups in total. The molecule has 5 nitrogen and oxygen atoms in total. The zero-order valence-corrected chi connectivity index (χ0v) is 10.2. The average molecular weight is 276 g/mol. The van der Waals surface area contributed by atoms with Crippen LogP contribution < -0.4 is 0 Å². The SMILES string of the molecule is O=C(C#Cc1ccc(Cl)cc1)c1ccc([N+](=O)[O-])o1. The molecule has 0 fully saturated rings. The van der Waals surface area contributed by atoms with Crippen LogP contribution in [0.4, 0.5) is 5.88 Å². The van der Waals surface area contributed by atoms with Gasteiger partial charge in [0, 0.05) is 10.6 Å². The first-order valence-corrected chi connectivity index (χ1v) is 5.50. The number of carbonyl (C=O) groups excluding carboxylic acids is 1. The third kappa shape index (κ3) is 3.21. The number of nitrogens with zero attached hydrogens (tertiary/aromatic N) is 1. The first kappa shape index (κ1) is 12.9. The van der Waals surface area contributed by atoms with Crippen molar-refractivity contribution in [3.63, 3.8) is 0 Å². The highest BCUT2D eigenvalue weighted by atomic mass is 35.5. The van der Waals surface area contributed by atoms with Crippen molar-refractivity contribution in [3.05, 3.63) is 62.9 Å². The van der Waals surface area contributed by atoms with Crippen LogP contribution in [-0.2, 0) is 0 Å². The summed E-state index contributed by atoms with van der Waals surface area (Å²) in [5, 5.41) is 11.0. The van der Waals surface area contributed by atoms with E-state index in [2.05, 4.69) is 11.8 Å². The van der Waals surface area contributed by atoms with Crippen molar-refractivity contribution in [2.24, 2.45) is 0 Å². The summed E-state index contributed by atoms with van der Waals surface area (Å²) >= 11 is 5.71. The molecule has 0 aliphatic heterocycles. The number of hydrogen-bond donors (Lipinski definition) is 0. The van der Waals surface area contributed by atoms with E-state index in [1.807, 2.05) is 0 Å². The van der Waals surface area contributed by atoms with Crippen molar-refractivity contribution in [2.45, 2.75) is 0 Å². The maximum absolute atomic E-state index is 11.6. The zero-order chi connectivity index (χ0) is 13.8. The van der Waals surface area contributed by atoms with Crippen molar-refractivity contribution in [3.8, 4) is 11.8 Å². The lowest BCUT2D eigenvalue weighted by molar-refractivity contribution is -0.402. The summed E-state index contributed by atoms with van der Waals surface area (Å²) in [5.41, 5.74) is 0.610. The first-order valence-electron chi connectivity index (χ1n) is 5.12. The molecule has 1 aromatic carbocycles. The van der Waals surface area contributed by atoms with Crippen molar-refractivity contribution in [1.29, 1.82) is 0 Å². The van der Waals surface area contributed by atoms with E-state index in [0.717, 1.165) is 6.07 Å². The molecular formula is C13H6ClNO4. The van der Waals surface area contributed by atoms with Crippen LogP contribution in [0.5, 0.6) is 0 Å². The van der Waals surface area contributed by atoms with Gasteiger partial charge in [-0.25, -0.2) is 0 Å². The predicted octanol–water partition coefficient (Wildman–Crippen LogP) is 3.08. The Morgan fingerprint density at radius 3 is 2.47 bits per heavy atom. The lowest BCUT2D eigenvalue weighted by Gasteiger charge is -1.89. The van der Waals surface area contributed by atoms with Gasteiger partial charge in [-0.2, -0.15) is 0 Å². The van der Waals surface area contributed by atoms with E-state index in [4.69, 9.17) is 16.0 Å². The topological polar surface area (TPSA) is 73.3 Å². The van der Waals surface area contributed by atoms with Gasteiger partial charge in [-0.05, 0) is 36.3 Å². The van der Waals surface area contributed by atoms with Crippen LogP contribution in [0.25, 0.3) is 0 Å². The van der Waals surface area contributed by atoms with Crippen LogP contribution in [0.1, 0.15) is 16.1 Å². The summed E-state index contributed by atoms with van der Waals surface area (Å²) in [4.78, 5) is 21.3. The van der Waals surface area contributed by atoms with Crippen LogP contribution in [0, 0.1) is 22.0 Å². The van der Waals surface area contributed by atoms with E-state index in [0.29, 0.717) is 10.6 Å². The van der Waals surface area contributed by atoms with E-state index in [-0.39, 0.29) is 5.76 Å². The van der Waals surface area contributed by atoms with Gasteiger partial charge in [-0.3, -0.25) is 14.9 Å². The van der Waals surface area contributed by atoms with Crippen molar-refractivity contribution in [2.75, 3.05) is 0 Å². The number of ketones is 1. The van der Waals surface area contributed by atoms with Gasteiger partial charge in [-0.15, -0.1) is 0 Å². The van der Waals surface area contributed by atoms with Crippen molar-refractivity contribution < 1.29 is 14.1 Å². The van der Waals surface area contributed by atoms with E-state index in [9.17, 15) is 14.9 Å².